The molecule has 1 fully saturated rings. The highest BCUT2D eigenvalue weighted by Gasteiger charge is 2.30. The van der Waals surface area contributed by atoms with Crippen LogP contribution in [-0.2, 0) is 14.8 Å². The van der Waals surface area contributed by atoms with Crippen molar-refractivity contribution < 1.29 is 22.9 Å². The number of sulfonamides is 1. The number of nitrogens with one attached hydrogen (secondary N) is 1. The molecule has 0 aliphatic carbocycles. The number of benzene rings is 1. The van der Waals surface area contributed by atoms with Gasteiger partial charge in [-0.05, 0) is 38.3 Å². The quantitative estimate of drug-likeness (QED) is 0.537. The molecule has 1 aromatic carbocycles. The average molecular weight is 385 g/mol. The van der Waals surface area contributed by atoms with Gasteiger partial charge in [-0.15, -0.1) is 0 Å². The number of carbonyl (C=O) groups is 1. The molecule has 9 nitrogen and oxygen atoms in total. The third-order valence-corrected chi connectivity index (χ3v) is 5.95. The molecule has 1 atom stereocenters. The second kappa shape index (κ2) is 8.45. The van der Waals surface area contributed by atoms with Gasteiger partial charge in [0.25, 0.3) is 5.91 Å². The lowest BCUT2D eigenvalue weighted by Gasteiger charge is -2.17. The number of amides is 1. The summed E-state index contributed by atoms with van der Waals surface area (Å²) in [6, 6.07) is 3.48. The van der Waals surface area contributed by atoms with E-state index in [1.54, 1.807) is 0 Å². The Labute approximate surface area is 152 Å². The Kier molecular flexibility index (Phi) is 6.54. The molecule has 0 radical (unpaired) electrons. The molecule has 26 heavy (non-hydrogen) atoms. The van der Waals surface area contributed by atoms with E-state index in [9.17, 15) is 23.3 Å². The molecule has 1 aliphatic rings. The molecule has 10 heteroatoms. The van der Waals surface area contributed by atoms with E-state index in [1.165, 1.54) is 23.4 Å². The number of nitro groups is 1. The van der Waals surface area contributed by atoms with Gasteiger partial charge in [0, 0.05) is 25.7 Å². The molecule has 0 unspecified atom stereocenters. The van der Waals surface area contributed by atoms with E-state index >= 15 is 0 Å². The summed E-state index contributed by atoms with van der Waals surface area (Å²) in [5.74, 6) is -0.538. The van der Waals surface area contributed by atoms with Gasteiger partial charge < -0.3 is 10.1 Å². The predicted molar refractivity (Wildman–Crippen MR) is 94.5 cm³/mol. The maximum absolute atomic E-state index is 12.6. The van der Waals surface area contributed by atoms with Crippen LogP contribution < -0.4 is 10.1 Å². The van der Waals surface area contributed by atoms with Crippen molar-refractivity contribution >= 4 is 21.6 Å². The van der Waals surface area contributed by atoms with Crippen LogP contribution >= 0.6 is 0 Å². The SMILES string of the molecule is CCCNC(=O)[C@H](C)Oc1ccc(S(=O)(=O)N2CCCC2)cc1[N+](=O)[O-]. The van der Waals surface area contributed by atoms with Crippen molar-refractivity contribution in [1.82, 2.24) is 9.62 Å². The molecular formula is C16H23N3O6S. The van der Waals surface area contributed by atoms with Gasteiger partial charge in [0.05, 0.1) is 9.82 Å². The number of hydrogen-bond donors (Lipinski definition) is 1. The van der Waals surface area contributed by atoms with Crippen LogP contribution in [0.25, 0.3) is 0 Å². The number of nitrogens with zero attached hydrogens (tertiary/aromatic N) is 2. The van der Waals surface area contributed by atoms with Gasteiger partial charge in [-0.2, -0.15) is 4.31 Å². The molecule has 0 aromatic heterocycles. The molecule has 1 N–H and O–H groups in total. The summed E-state index contributed by atoms with van der Waals surface area (Å²) in [4.78, 5) is 22.4. The summed E-state index contributed by atoms with van der Waals surface area (Å²) >= 11 is 0. The molecule has 0 bridgehead atoms. The fraction of sp³-hybridized carbons (Fsp3) is 0.562. The Morgan fingerprint density at radius 2 is 2.04 bits per heavy atom. The fourth-order valence-electron chi connectivity index (χ4n) is 2.61. The summed E-state index contributed by atoms with van der Waals surface area (Å²) in [6.45, 7) is 4.66. The van der Waals surface area contributed by atoms with Crippen LogP contribution in [0.5, 0.6) is 5.75 Å². The molecule has 1 aliphatic heterocycles. The summed E-state index contributed by atoms with van der Waals surface area (Å²) in [6.07, 6.45) is 1.35. The summed E-state index contributed by atoms with van der Waals surface area (Å²) in [5.41, 5.74) is -0.486. The minimum absolute atomic E-state index is 0.144. The highest BCUT2D eigenvalue weighted by Crippen LogP contribution is 2.32. The van der Waals surface area contributed by atoms with Gasteiger partial charge in [0.1, 0.15) is 0 Å². The molecular weight excluding hydrogens is 362 g/mol. The van der Waals surface area contributed by atoms with Crippen LogP contribution in [0.15, 0.2) is 23.1 Å². The Bertz CT molecular complexity index is 774. The summed E-state index contributed by atoms with van der Waals surface area (Å²) in [5, 5.41) is 14.0. The van der Waals surface area contributed by atoms with E-state index < -0.39 is 32.6 Å². The van der Waals surface area contributed by atoms with E-state index in [1.807, 2.05) is 6.92 Å². The van der Waals surface area contributed by atoms with E-state index in [2.05, 4.69) is 5.32 Å². The number of nitro benzene ring substituents is 1. The van der Waals surface area contributed by atoms with Gasteiger partial charge in [0.15, 0.2) is 11.9 Å². The summed E-state index contributed by atoms with van der Waals surface area (Å²) < 4.78 is 31.8. The first kappa shape index (κ1) is 20.1. The third kappa shape index (κ3) is 4.50. The minimum Gasteiger partial charge on any atom is -0.474 e. The van der Waals surface area contributed by atoms with Gasteiger partial charge in [-0.1, -0.05) is 6.92 Å². The number of rotatable bonds is 8. The molecule has 1 saturated heterocycles. The number of ether oxygens (including phenoxy) is 1. The smallest absolute Gasteiger partial charge is 0.312 e. The van der Waals surface area contributed by atoms with Crippen LogP contribution in [0.4, 0.5) is 5.69 Å². The Balaban J connectivity index is 2.26. The highest BCUT2D eigenvalue weighted by molar-refractivity contribution is 7.89. The first-order valence-electron chi connectivity index (χ1n) is 8.50. The normalized spacial score (nSPS) is 16.2. The van der Waals surface area contributed by atoms with Crippen LogP contribution in [0.1, 0.15) is 33.1 Å². The molecule has 0 saturated carbocycles. The summed E-state index contributed by atoms with van der Waals surface area (Å²) in [7, 11) is -3.77. The fourth-order valence-corrected chi connectivity index (χ4v) is 4.15. The van der Waals surface area contributed by atoms with Crippen LogP contribution in [0.3, 0.4) is 0 Å². The second-order valence-electron chi connectivity index (χ2n) is 6.05. The minimum atomic E-state index is -3.77. The molecule has 0 spiro atoms. The van der Waals surface area contributed by atoms with Gasteiger partial charge in [-0.3, -0.25) is 14.9 Å². The number of carbonyl (C=O) groups excluding carboxylic acids is 1. The average Bonchev–Trinajstić information content (AvgIpc) is 3.15. The van der Waals surface area contributed by atoms with Gasteiger partial charge >= 0.3 is 5.69 Å². The maximum atomic E-state index is 12.6. The molecule has 1 amide bonds. The number of hydrogen-bond acceptors (Lipinski definition) is 6. The zero-order chi connectivity index (χ0) is 19.3. The van der Waals surface area contributed by atoms with Crippen LogP contribution in [0.2, 0.25) is 0 Å². The van der Waals surface area contributed by atoms with Crippen molar-refractivity contribution in [2.45, 2.75) is 44.1 Å². The lowest BCUT2D eigenvalue weighted by molar-refractivity contribution is -0.386. The molecule has 1 heterocycles. The van der Waals surface area contributed by atoms with Crippen molar-refractivity contribution in [3.63, 3.8) is 0 Å². The van der Waals surface area contributed by atoms with Crippen molar-refractivity contribution in [3.8, 4) is 5.75 Å². The van der Waals surface area contributed by atoms with E-state index in [0.717, 1.165) is 25.3 Å². The molecule has 1 aromatic rings. The van der Waals surface area contributed by atoms with Crippen molar-refractivity contribution in [1.29, 1.82) is 0 Å². The highest BCUT2D eigenvalue weighted by atomic mass is 32.2. The first-order valence-corrected chi connectivity index (χ1v) is 9.94. The van der Waals surface area contributed by atoms with Gasteiger partial charge in [0.2, 0.25) is 10.0 Å². The van der Waals surface area contributed by atoms with E-state index in [4.69, 9.17) is 4.74 Å². The first-order chi connectivity index (χ1) is 12.3. The van der Waals surface area contributed by atoms with E-state index in [-0.39, 0.29) is 10.6 Å². The Morgan fingerprint density at radius 3 is 2.62 bits per heavy atom. The van der Waals surface area contributed by atoms with E-state index in [0.29, 0.717) is 19.6 Å². The largest absolute Gasteiger partial charge is 0.474 e. The monoisotopic (exact) mass is 385 g/mol. The Morgan fingerprint density at radius 1 is 1.38 bits per heavy atom. The molecule has 144 valence electrons. The van der Waals surface area contributed by atoms with Crippen LogP contribution in [0, 0.1) is 10.1 Å². The standard InChI is InChI=1S/C16H23N3O6S/c1-3-8-17-16(20)12(2)25-15-7-6-13(11-14(15)19(21)22)26(23,24)18-9-4-5-10-18/h6-7,11-12H,3-5,8-10H2,1-2H3,(H,17,20)/t12-/m0/s1. The van der Waals surface area contributed by atoms with Crippen LogP contribution in [-0.4, -0.2) is 49.3 Å². The van der Waals surface area contributed by atoms with Crippen molar-refractivity contribution in [3.05, 3.63) is 28.3 Å². The topological polar surface area (TPSA) is 119 Å². The predicted octanol–water partition coefficient (Wildman–Crippen LogP) is 1.67. The van der Waals surface area contributed by atoms with Gasteiger partial charge in [-0.25, -0.2) is 8.42 Å². The maximum Gasteiger partial charge on any atom is 0.312 e. The van der Waals surface area contributed by atoms with Crippen molar-refractivity contribution in [2.24, 2.45) is 0 Å². The lowest BCUT2D eigenvalue weighted by atomic mass is 10.3. The lowest BCUT2D eigenvalue weighted by Crippen LogP contribution is -2.36. The third-order valence-electron chi connectivity index (χ3n) is 4.05. The zero-order valence-electron chi connectivity index (χ0n) is 14.8. The molecule has 2 rings (SSSR count). The Hall–Kier alpha value is -2.20. The zero-order valence-corrected chi connectivity index (χ0v) is 15.6. The van der Waals surface area contributed by atoms with Crippen molar-refractivity contribution in [2.75, 3.05) is 19.6 Å². The second-order valence-corrected chi connectivity index (χ2v) is 7.99.